The van der Waals surface area contributed by atoms with Gasteiger partial charge in [-0.3, -0.25) is 14.6 Å². The van der Waals surface area contributed by atoms with Crippen molar-refractivity contribution in [1.29, 1.82) is 5.26 Å². The van der Waals surface area contributed by atoms with E-state index in [1.165, 1.54) is 18.5 Å². The molecular weight excluding hydrogens is 278 g/mol. The summed E-state index contributed by atoms with van der Waals surface area (Å²) in [6.07, 6.45) is 2.87. The van der Waals surface area contributed by atoms with Crippen molar-refractivity contribution < 1.29 is 9.59 Å². The predicted molar refractivity (Wildman–Crippen MR) is 80.7 cm³/mol. The number of ketones is 1. The van der Waals surface area contributed by atoms with Gasteiger partial charge in [-0.05, 0) is 30.2 Å². The third-order valence-corrected chi connectivity index (χ3v) is 3.31. The highest BCUT2D eigenvalue weighted by Crippen LogP contribution is 2.10. The van der Waals surface area contributed by atoms with E-state index in [0.717, 1.165) is 11.1 Å². The van der Waals surface area contributed by atoms with Gasteiger partial charge in [0.25, 0.3) is 0 Å². The van der Waals surface area contributed by atoms with Crippen LogP contribution in [0.15, 0.2) is 48.8 Å². The lowest BCUT2D eigenvalue weighted by Crippen LogP contribution is -2.34. The molecule has 1 amide bonds. The normalized spacial score (nSPS) is 11.3. The zero-order valence-corrected chi connectivity index (χ0v) is 12.1. The molecular formula is C17H15N3O2. The van der Waals surface area contributed by atoms with Crippen LogP contribution in [-0.2, 0) is 11.3 Å². The Kier molecular flexibility index (Phi) is 4.99. The number of aromatic nitrogens is 1. The minimum atomic E-state index is -1.37. The average Bonchev–Trinajstić information content (AvgIpc) is 2.55. The summed E-state index contributed by atoms with van der Waals surface area (Å²) in [5.41, 5.74) is 2.23. The second-order valence-corrected chi connectivity index (χ2v) is 4.81. The molecule has 0 saturated carbocycles. The lowest BCUT2D eigenvalue weighted by molar-refractivity contribution is -0.122. The maximum Gasteiger partial charge on any atom is 0.245 e. The van der Waals surface area contributed by atoms with Gasteiger partial charge in [0.15, 0.2) is 11.7 Å². The van der Waals surface area contributed by atoms with E-state index >= 15 is 0 Å². The molecule has 0 fully saturated rings. The molecule has 5 heteroatoms. The summed E-state index contributed by atoms with van der Waals surface area (Å²) in [7, 11) is 0. The van der Waals surface area contributed by atoms with Gasteiger partial charge in [0, 0.05) is 24.5 Å². The number of carbonyl (C=O) groups is 2. The molecule has 1 aromatic carbocycles. The molecule has 0 radical (unpaired) electrons. The first-order valence-corrected chi connectivity index (χ1v) is 6.79. The minimum Gasteiger partial charge on any atom is -0.350 e. The minimum absolute atomic E-state index is 0.250. The van der Waals surface area contributed by atoms with Crippen molar-refractivity contribution in [3.05, 3.63) is 65.5 Å². The number of benzene rings is 1. The van der Waals surface area contributed by atoms with Crippen LogP contribution in [0.2, 0.25) is 0 Å². The van der Waals surface area contributed by atoms with Crippen LogP contribution < -0.4 is 5.32 Å². The SMILES string of the molecule is Cc1ccccc1CNC(=O)C(C#N)C(=O)c1cccnc1. The number of amides is 1. The Hall–Kier alpha value is -3.00. The van der Waals surface area contributed by atoms with E-state index < -0.39 is 17.6 Å². The lowest BCUT2D eigenvalue weighted by Gasteiger charge is -2.11. The van der Waals surface area contributed by atoms with Crippen LogP contribution in [0.25, 0.3) is 0 Å². The molecule has 1 aromatic heterocycles. The molecule has 1 heterocycles. The standard InChI is InChI=1S/C17H15N3O2/c1-12-5-2-3-6-13(12)11-20-17(22)15(9-18)16(21)14-7-4-8-19-10-14/h2-8,10,15H,11H2,1H3,(H,20,22). The third-order valence-electron chi connectivity index (χ3n) is 3.31. The zero-order valence-electron chi connectivity index (χ0n) is 12.1. The molecule has 0 aliphatic rings. The number of nitriles is 1. The highest BCUT2D eigenvalue weighted by atomic mass is 16.2. The Labute approximate surface area is 128 Å². The summed E-state index contributed by atoms with van der Waals surface area (Å²) in [5, 5.41) is 11.8. The quantitative estimate of drug-likeness (QED) is 0.675. The van der Waals surface area contributed by atoms with Crippen molar-refractivity contribution in [2.45, 2.75) is 13.5 Å². The Morgan fingerprint density at radius 2 is 2.05 bits per heavy atom. The van der Waals surface area contributed by atoms with Crippen molar-refractivity contribution in [3.8, 4) is 6.07 Å². The number of Topliss-reactive ketones (excluding diaryl/α,β-unsaturated/α-hetero) is 1. The maximum absolute atomic E-state index is 12.2. The summed E-state index contributed by atoms with van der Waals surface area (Å²) in [5.74, 6) is -2.51. The molecule has 0 saturated heterocycles. The first-order valence-electron chi connectivity index (χ1n) is 6.79. The molecule has 2 rings (SSSR count). The van der Waals surface area contributed by atoms with Gasteiger partial charge in [0.2, 0.25) is 5.91 Å². The van der Waals surface area contributed by atoms with Crippen LogP contribution in [0.1, 0.15) is 21.5 Å². The number of carbonyl (C=O) groups excluding carboxylic acids is 2. The summed E-state index contributed by atoms with van der Waals surface area (Å²) < 4.78 is 0. The van der Waals surface area contributed by atoms with Crippen LogP contribution in [0.5, 0.6) is 0 Å². The summed E-state index contributed by atoms with van der Waals surface area (Å²) in [6, 6.07) is 12.5. The van der Waals surface area contributed by atoms with Gasteiger partial charge in [-0.15, -0.1) is 0 Å². The maximum atomic E-state index is 12.2. The van der Waals surface area contributed by atoms with Crippen LogP contribution in [0.4, 0.5) is 0 Å². The number of hydrogen-bond acceptors (Lipinski definition) is 4. The second kappa shape index (κ2) is 7.14. The van der Waals surface area contributed by atoms with Gasteiger partial charge in [0.05, 0.1) is 6.07 Å². The van der Waals surface area contributed by atoms with Crippen molar-refractivity contribution in [2.24, 2.45) is 5.92 Å². The number of rotatable bonds is 5. The van der Waals surface area contributed by atoms with Gasteiger partial charge < -0.3 is 5.32 Å². The fourth-order valence-electron chi connectivity index (χ4n) is 2.00. The van der Waals surface area contributed by atoms with Crippen molar-refractivity contribution >= 4 is 11.7 Å². The van der Waals surface area contributed by atoms with E-state index in [1.807, 2.05) is 31.2 Å². The highest BCUT2D eigenvalue weighted by molar-refractivity contribution is 6.11. The fraction of sp³-hybridized carbons (Fsp3) is 0.176. The highest BCUT2D eigenvalue weighted by Gasteiger charge is 2.27. The van der Waals surface area contributed by atoms with Gasteiger partial charge in [-0.2, -0.15) is 5.26 Å². The smallest absolute Gasteiger partial charge is 0.245 e. The Morgan fingerprint density at radius 1 is 1.27 bits per heavy atom. The number of nitrogens with one attached hydrogen (secondary N) is 1. The van der Waals surface area contributed by atoms with E-state index in [2.05, 4.69) is 10.3 Å². The molecule has 1 N–H and O–H groups in total. The number of aryl methyl sites for hydroxylation is 1. The fourth-order valence-corrected chi connectivity index (χ4v) is 2.00. The van der Waals surface area contributed by atoms with Crippen LogP contribution in [-0.4, -0.2) is 16.7 Å². The monoisotopic (exact) mass is 293 g/mol. The van der Waals surface area contributed by atoms with E-state index in [4.69, 9.17) is 5.26 Å². The Balaban J connectivity index is 2.06. The molecule has 110 valence electrons. The Morgan fingerprint density at radius 3 is 2.68 bits per heavy atom. The number of hydrogen-bond donors (Lipinski definition) is 1. The topological polar surface area (TPSA) is 82.9 Å². The molecule has 2 aromatic rings. The average molecular weight is 293 g/mol. The summed E-state index contributed by atoms with van der Waals surface area (Å²) in [4.78, 5) is 28.1. The molecule has 1 unspecified atom stereocenters. The van der Waals surface area contributed by atoms with Crippen molar-refractivity contribution in [3.63, 3.8) is 0 Å². The molecule has 0 bridgehead atoms. The first-order chi connectivity index (χ1) is 10.6. The summed E-state index contributed by atoms with van der Waals surface area (Å²) in [6.45, 7) is 2.22. The number of pyridine rings is 1. The zero-order chi connectivity index (χ0) is 15.9. The van der Waals surface area contributed by atoms with Gasteiger partial charge in [-0.25, -0.2) is 0 Å². The molecule has 1 atom stereocenters. The lowest BCUT2D eigenvalue weighted by atomic mass is 9.99. The summed E-state index contributed by atoms with van der Waals surface area (Å²) >= 11 is 0. The Bertz CT molecular complexity index is 720. The van der Waals surface area contributed by atoms with Gasteiger partial charge >= 0.3 is 0 Å². The van der Waals surface area contributed by atoms with Crippen LogP contribution in [0, 0.1) is 24.2 Å². The van der Waals surface area contributed by atoms with Gasteiger partial charge in [-0.1, -0.05) is 24.3 Å². The predicted octanol–water partition coefficient (Wildman–Crippen LogP) is 2.03. The first kappa shape index (κ1) is 15.4. The molecule has 5 nitrogen and oxygen atoms in total. The van der Waals surface area contributed by atoms with Crippen LogP contribution >= 0.6 is 0 Å². The van der Waals surface area contributed by atoms with E-state index in [9.17, 15) is 9.59 Å². The molecule has 0 aliphatic heterocycles. The third kappa shape index (κ3) is 3.55. The molecule has 0 aliphatic carbocycles. The van der Waals surface area contributed by atoms with Crippen molar-refractivity contribution in [2.75, 3.05) is 0 Å². The van der Waals surface area contributed by atoms with Gasteiger partial charge in [0.1, 0.15) is 0 Å². The molecule has 0 spiro atoms. The largest absolute Gasteiger partial charge is 0.350 e. The van der Waals surface area contributed by atoms with Crippen LogP contribution in [0.3, 0.4) is 0 Å². The van der Waals surface area contributed by atoms with E-state index in [1.54, 1.807) is 12.1 Å². The number of nitrogens with zero attached hydrogens (tertiary/aromatic N) is 2. The van der Waals surface area contributed by atoms with E-state index in [-0.39, 0.29) is 12.1 Å². The van der Waals surface area contributed by atoms with Crippen molar-refractivity contribution in [1.82, 2.24) is 10.3 Å². The second-order valence-electron chi connectivity index (χ2n) is 4.81. The molecule has 22 heavy (non-hydrogen) atoms. The van der Waals surface area contributed by atoms with E-state index in [0.29, 0.717) is 0 Å².